The van der Waals surface area contributed by atoms with E-state index in [0.29, 0.717) is 26.1 Å². The molecule has 0 aliphatic carbocycles. The maximum absolute atomic E-state index is 12.4. The Morgan fingerprint density at radius 3 is 0.981 bits per heavy atom. The fraction of sp³-hybridized carbons (Fsp3) is 0.959. The van der Waals surface area contributed by atoms with E-state index >= 15 is 0 Å². The Morgan fingerprint density at radius 2 is 0.648 bits per heavy atom. The number of carbonyl (C=O) groups excluding carboxylic acids is 2. The van der Waals surface area contributed by atoms with Crippen LogP contribution in [0.3, 0.4) is 0 Å². The molecule has 0 aliphatic heterocycles. The average molecular weight is 764 g/mol. The van der Waals surface area contributed by atoms with Crippen LogP contribution in [0.2, 0.25) is 0 Å². The van der Waals surface area contributed by atoms with Gasteiger partial charge in [-0.25, -0.2) is 0 Å². The molecule has 0 N–H and O–H groups in total. The van der Waals surface area contributed by atoms with Crippen LogP contribution in [0.15, 0.2) is 0 Å². The van der Waals surface area contributed by atoms with E-state index in [1.54, 1.807) is 0 Å². The van der Waals surface area contributed by atoms with Crippen LogP contribution in [0, 0.1) is 17.8 Å². The number of hydrogen-bond donors (Lipinski definition) is 0. The summed E-state index contributed by atoms with van der Waals surface area (Å²) in [6.45, 7) is 11.5. The van der Waals surface area contributed by atoms with Crippen molar-refractivity contribution in [3.05, 3.63) is 0 Å². The summed E-state index contributed by atoms with van der Waals surface area (Å²) in [5.74, 6) is 2.33. The normalized spacial score (nSPS) is 11.8. The van der Waals surface area contributed by atoms with Crippen LogP contribution in [0.5, 0.6) is 0 Å². The Bertz CT molecular complexity index is 710. The molecular formula is C49H97NO4. The molecule has 0 spiro atoms. The van der Waals surface area contributed by atoms with Gasteiger partial charge in [0.15, 0.2) is 0 Å². The van der Waals surface area contributed by atoms with Gasteiger partial charge in [0.1, 0.15) is 0 Å². The Labute approximate surface area is 339 Å². The zero-order valence-electron chi connectivity index (χ0n) is 37.7. The number of carbonyl (C=O) groups is 2. The molecule has 5 nitrogen and oxygen atoms in total. The van der Waals surface area contributed by atoms with Gasteiger partial charge in [-0.15, -0.1) is 0 Å². The Morgan fingerprint density at radius 1 is 0.370 bits per heavy atom. The van der Waals surface area contributed by atoms with E-state index in [-0.39, 0.29) is 11.9 Å². The zero-order chi connectivity index (χ0) is 39.7. The van der Waals surface area contributed by atoms with Crippen LogP contribution in [0.25, 0.3) is 0 Å². The lowest BCUT2D eigenvalue weighted by Crippen LogP contribution is -2.13. The molecule has 54 heavy (non-hydrogen) atoms. The summed E-state index contributed by atoms with van der Waals surface area (Å²) < 4.78 is 11.3. The highest BCUT2D eigenvalue weighted by Crippen LogP contribution is 2.25. The van der Waals surface area contributed by atoms with E-state index in [2.05, 4.69) is 46.7 Å². The fourth-order valence-electron chi connectivity index (χ4n) is 8.18. The van der Waals surface area contributed by atoms with Crippen molar-refractivity contribution in [2.24, 2.45) is 17.8 Å². The minimum atomic E-state index is 0.0169. The van der Waals surface area contributed by atoms with Gasteiger partial charge in [0, 0.05) is 12.8 Å². The van der Waals surface area contributed by atoms with Crippen LogP contribution >= 0.6 is 0 Å². The first-order valence-corrected chi connectivity index (χ1v) is 24.3. The molecule has 0 fully saturated rings. The lowest BCUT2D eigenvalue weighted by atomic mass is 9.90. The van der Waals surface area contributed by atoms with Crippen molar-refractivity contribution in [1.82, 2.24) is 4.90 Å². The summed E-state index contributed by atoms with van der Waals surface area (Å²) >= 11 is 0. The highest BCUT2D eigenvalue weighted by Gasteiger charge is 2.13. The van der Waals surface area contributed by atoms with Gasteiger partial charge in [-0.05, 0) is 70.5 Å². The lowest BCUT2D eigenvalue weighted by Gasteiger charge is -2.18. The zero-order valence-corrected chi connectivity index (χ0v) is 37.7. The van der Waals surface area contributed by atoms with Crippen molar-refractivity contribution in [1.29, 1.82) is 0 Å². The summed E-state index contributed by atoms with van der Waals surface area (Å²) in [7, 11) is 4.36. The summed E-state index contributed by atoms with van der Waals surface area (Å²) in [6.07, 6.45) is 42.7. The molecule has 5 heteroatoms. The number of rotatable bonds is 43. The van der Waals surface area contributed by atoms with Gasteiger partial charge in [-0.1, -0.05) is 207 Å². The number of hydrogen-bond acceptors (Lipinski definition) is 5. The largest absolute Gasteiger partial charge is 0.466 e. The lowest BCUT2D eigenvalue weighted by molar-refractivity contribution is -0.145. The van der Waals surface area contributed by atoms with Crippen molar-refractivity contribution in [3.8, 4) is 0 Å². The smallest absolute Gasteiger partial charge is 0.305 e. The summed E-state index contributed by atoms with van der Waals surface area (Å²) in [6, 6.07) is 0. The molecule has 0 saturated carbocycles. The third kappa shape index (κ3) is 37.8. The fourth-order valence-corrected chi connectivity index (χ4v) is 8.18. The molecule has 0 bridgehead atoms. The molecule has 0 radical (unpaired) electrons. The molecule has 0 rings (SSSR count). The highest BCUT2D eigenvalue weighted by molar-refractivity contribution is 5.69. The monoisotopic (exact) mass is 764 g/mol. The highest BCUT2D eigenvalue weighted by atomic mass is 16.5. The van der Waals surface area contributed by atoms with Crippen LogP contribution in [-0.4, -0.2) is 50.7 Å². The summed E-state index contributed by atoms with van der Waals surface area (Å²) in [5.41, 5.74) is 0. The van der Waals surface area contributed by atoms with Crippen molar-refractivity contribution in [3.63, 3.8) is 0 Å². The van der Waals surface area contributed by atoms with Gasteiger partial charge in [0.25, 0.3) is 0 Å². The standard InChI is InChI=1S/C49H97NO4/c1-7-11-21-31-46(32-22-12-8-2)40-43-53-48(51)38-27-19-15-17-25-35-45(37-29-30-42-50(5)6)36-26-18-16-20-28-39-49(52)54-44-41-47(33-23-13-9-3)34-24-14-10-4/h45-47H,7-44H2,1-6H3. The molecule has 0 saturated heterocycles. The van der Waals surface area contributed by atoms with Crippen LogP contribution < -0.4 is 0 Å². The molecule has 0 aromatic heterocycles. The van der Waals surface area contributed by atoms with Crippen LogP contribution in [0.1, 0.15) is 252 Å². The van der Waals surface area contributed by atoms with Gasteiger partial charge < -0.3 is 14.4 Å². The molecular weight excluding hydrogens is 667 g/mol. The van der Waals surface area contributed by atoms with E-state index in [1.165, 1.54) is 180 Å². The second kappa shape index (κ2) is 41.5. The second-order valence-corrected chi connectivity index (χ2v) is 17.5. The van der Waals surface area contributed by atoms with Gasteiger partial charge in [0.05, 0.1) is 13.2 Å². The Balaban J connectivity index is 4.18. The first-order valence-electron chi connectivity index (χ1n) is 24.3. The predicted molar refractivity (Wildman–Crippen MR) is 235 cm³/mol. The topological polar surface area (TPSA) is 55.8 Å². The van der Waals surface area contributed by atoms with Crippen molar-refractivity contribution in [2.45, 2.75) is 252 Å². The first-order chi connectivity index (χ1) is 26.4. The number of esters is 2. The number of unbranched alkanes of at least 4 members (excludes halogenated alkanes) is 17. The van der Waals surface area contributed by atoms with Gasteiger partial charge >= 0.3 is 11.9 Å². The maximum Gasteiger partial charge on any atom is 0.305 e. The minimum absolute atomic E-state index is 0.0169. The minimum Gasteiger partial charge on any atom is -0.466 e. The van der Waals surface area contributed by atoms with E-state index in [1.807, 2.05) is 0 Å². The average Bonchev–Trinajstić information content (AvgIpc) is 3.15. The van der Waals surface area contributed by atoms with Gasteiger partial charge in [-0.2, -0.15) is 0 Å². The summed E-state index contributed by atoms with van der Waals surface area (Å²) in [5, 5.41) is 0. The Hall–Kier alpha value is -1.10. The number of nitrogens with zero attached hydrogens (tertiary/aromatic N) is 1. The van der Waals surface area contributed by atoms with Crippen molar-refractivity contribution >= 4 is 11.9 Å². The van der Waals surface area contributed by atoms with Crippen molar-refractivity contribution < 1.29 is 19.1 Å². The van der Waals surface area contributed by atoms with Gasteiger partial charge in [-0.3, -0.25) is 9.59 Å². The van der Waals surface area contributed by atoms with E-state index < -0.39 is 0 Å². The first kappa shape index (κ1) is 52.9. The summed E-state index contributed by atoms with van der Waals surface area (Å²) in [4.78, 5) is 27.1. The molecule has 0 unspecified atom stereocenters. The second-order valence-electron chi connectivity index (χ2n) is 17.5. The van der Waals surface area contributed by atoms with Crippen LogP contribution in [0.4, 0.5) is 0 Å². The van der Waals surface area contributed by atoms with Crippen molar-refractivity contribution in [2.75, 3.05) is 33.9 Å². The van der Waals surface area contributed by atoms with Crippen LogP contribution in [-0.2, 0) is 19.1 Å². The molecule has 0 amide bonds. The molecule has 0 atom stereocenters. The van der Waals surface area contributed by atoms with E-state index in [0.717, 1.165) is 56.3 Å². The molecule has 322 valence electrons. The SMILES string of the molecule is CCCCCC(CCCCC)CCOC(=O)CCCCCCCC(CCCCCCCC(=O)OCCC(CCCCC)CCCCC)CCCCN(C)C. The molecule has 0 aliphatic rings. The van der Waals surface area contributed by atoms with E-state index in [4.69, 9.17) is 9.47 Å². The van der Waals surface area contributed by atoms with Gasteiger partial charge in [0.2, 0.25) is 0 Å². The predicted octanol–water partition coefficient (Wildman–Crippen LogP) is 15.2. The van der Waals surface area contributed by atoms with E-state index in [9.17, 15) is 9.59 Å². The molecule has 0 aromatic rings. The third-order valence-corrected chi connectivity index (χ3v) is 11.9. The number of ether oxygens (including phenoxy) is 2. The Kier molecular flexibility index (Phi) is 40.7. The quantitative estimate of drug-likeness (QED) is 0.0457. The maximum atomic E-state index is 12.4. The molecule has 0 heterocycles. The molecule has 0 aromatic carbocycles. The third-order valence-electron chi connectivity index (χ3n) is 11.9.